The Morgan fingerprint density at radius 3 is 1.84 bits per heavy atom. The van der Waals surface area contributed by atoms with Gasteiger partial charge in [-0.1, -0.05) is 77.1 Å². The first kappa shape index (κ1) is 18.0. The second-order valence-corrected chi connectivity index (χ2v) is 5.15. The average molecular weight is 266 g/mol. The van der Waals surface area contributed by atoms with Crippen molar-refractivity contribution in [3.05, 3.63) is 0 Å². The predicted octanol–water partition coefficient (Wildman–Crippen LogP) is 4.86. The summed E-state index contributed by atoms with van der Waals surface area (Å²) in [4.78, 5) is 11.1. The fraction of sp³-hybridized carbons (Fsp3) is 0.824. The fourth-order valence-electron chi connectivity index (χ4n) is 2.13. The van der Waals surface area contributed by atoms with Crippen molar-refractivity contribution in [2.45, 2.75) is 84.0 Å². The Morgan fingerprint density at radius 2 is 1.37 bits per heavy atom. The Balaban J connectivity index is 3.07. The maximum atomic E-state index is 11.1. The minimum Gasteiger partial charge on any atom is -0.452 e. The summed E-state index contributed by atoms with van der Waals surface area (Å²) in [5.41, 5.74) is 0. The molecule has 0 saturated carbocycles. The highest BCUT2D eigenvalue weighted by molar-refractivity contribution is 5.69. The fourth-order valence-corrected chi connectivity index (χ4v) is 2.13. The van der Waals surface area contributed by atoms with Crippen molar-refractivity contribution in [3.8, 4) is 12.3 Å². The summed E-state index contributed by atoms with van der Waals surface area (Å²) < 4.78 is 4.81. The second-order valence-electron chi connectivity index (χ2n) is 5.15. The van der Waals surface area contributed by atoms with Crippen molar-refractivity contribution >= 4 is 5.97 Å². The van der Waals surface area contributed by atoms with Gasteiger partial charge in [0.15, 0.2) is 6.61 Å². The van der Waals surface area contributed by atoms with E-state index in [2.05, 4.69) is 12.8 Å². The van der Waals surface area contributed by atoms with Crippen LogP contribution in [0, 0.1) is 12.3 Å². The Kier molecular flexibility index (Phi) is 14.3. The van der Waals surface area contributed by atoms with Crippen molar-refractivity contribution in [1.29, 1.82) is 0 Å². The molecular formula is C17H30O2. The summed E-state index contributed by atoms with van der Waals surface area (Å²) >= 11 is 0. The normalized spacial score (nSPS) is 10.1. The molecule has 0 fully saturated rings. The molecule has 0 radical (unpaired) electrons. The summed E-state index contributed by atoms with van der Waals surface area (Å²) in [5.74, 6) is 2.14. The smallest absolute Gasteiger partial charge is 0.306 e. The third kappa shape index (κ3) is 15.0. The van der Waals surface area contributed by atoms with Gasteiger partial charge in [0.25, 0.3) is 0 Å². The number of esters is 1. The Bertz CT molecular complexity index is 240. The zero-order valence-corrected chi connectivity index (χ0v) is 12.6. The molecule has 0 aliphatic carbocycles. The van der Waals surface area contributed by atoms with Gasteiger partial charge in [-0.3, -0.25) is 4.79 Å². The number of rotatable bonds is 13. The largest absolute Gasteiger partial charge is 0.452 e. The first-order valence-electron chi connectivity index (χ1n) is 7.90. The third-order valence-electron chi connectivity index (χ3n) is 3.30. The topological polar surface area (TPSA) is 26.3 Å². The van der Waals surface area contributed by atoms with Gasteiger partial charge in [0.1, 0.15) is 0 Å². The minimum atomic E-state index is -0.158. The van der Waals surface area contributed by atoms with E-state index in [0.29, 0.717) is 6.42 Å². The van der Waals surface area contributed by atoms with E-state index in [1.54, 1.807) is 0 Å². The highest BCUT2D eigenvalue weighted by Gasteiger charge is 2.00. The molecule has 0 aromatic rings. The van der Waals surface area contributed by atoms with Gasteiger partial charge in [0.05, 0.1) is 0 Å². The van der Waals surface area contributed by atoms with Crippen LogP contribution in [0.3, 0.4) is 0 Å². The van der Waals surface area contributed by atoms with Crippen LogP contribution in [0.2, 0.25) is 0 Å². The van der Waals surface area contributed by atoms with Gasteiger partial charge in [0.2, 0.25) is 0 Å². The minimum absolute atomic E-state index is 0.108. The molecule has 0 rings (SSSR count). The number of unbranched alkanes of at least 4 members (excludes halogenated alkanes) is 10. The number of terminal acetylenes is 1. The van der Waals surface area contributed by atoms with Crippen LogP contribution in [-0.4, -0.2) is 12.6 Å². The molecule has 110 valence electrons. The third-order valence-corrected chi connectivity index (χ3v) is 3.30. The molecule has 0 aliphatic rings. The summed E-state index contributed by atoms with van der Waals surface area (Å²) in [6, 6.07) is 0. The Labute approximate surface area is 119 Å². The standard InChI is InChI=1S/C17H30O2/c1-3-5-6-7-8-9-10-11-12-13-14-15-17(18)19-16-4-2/h2H,3,5-16H2,1H3. The van der Waals surface area contributed by atoms with E-state index in [0.717, 1.165) is 12.8 Å². The van der Waals surface area contributed by atoms with Crippen LogP contribution < -0.4 is 0 Å². The van der Waals surface area contributed by atoms with E-state index >= 15 is 0 Å². The lowest BCUT2D eigenvalue weighted by Gasteiger charge is -2.03. The van der Waals surface area contributed by atoms with E-state index in [9.17, 15) is 4.79 Å². The molecule has 0 aliphatic heterocycles. The molecule has 0 spiro atoms. The lowest BCUT2D eigenvalue weighted by molar-refractivity contribution is -0.142. The molecular weight excluding hydrogens is 236 g/mol. The maximum absolute atomic E-state index is 11.1. The van der Waals surface area contributed by atoms with Crippen LogP contribution in [0.15, 0.2) is 0 Å². The van der Waals surface area contributed by atoms with Gasteiger partial charge in [0, 0.05) is 6.42 Å². The number of ether oxygens (including phenoxy) is 1. The Hall–Kier alpha value is -0.970. The van der Waals surface area contributed by atoms with Gasteiger partial charge < -0.3 is 4.74 Å². The molecule has 0 aromatic carbocycles. The monoisotopic (exact) mass is 266 g/mol. The van der Waals surface area contributed by atoms with Gasteiger partial charge in [-0.25, -0.2) is 0 Å². The number of carbonyl (C=O) groups is 1. The summed E-state index contributed by atoms with van der Waals surface area (Å²) in [7, 11) is 0. The molecule has 19 heavy (non-hydrogen) atoms. The van der Waals surface area contributed by atoms with E-state index in [4.69, 9.17) is 11.2 Å². The lowest BCUT2D eigenvalue weighted by atomic mass is 10.1. The summed E-state index contributed by atoms with van der Waals surface area (Å²) in [6.45, 7) is 2.36. The first-order chi connectivity index (χ1) is 9.31. The average Bonchev–Trinajstić information content (AvgIpc) is 2.42. The van der Waals surface area contributed by atoms with Gasteiger partial charge >= 0.3 is 5.97 Å². The molecule has 0 amide bonds. The van der Waals surface area contributed by atoms with Crippen LogP contribution in [0.25, 0.3) is 0 Å². The Morgan fingerprint density at radius 1 is 0.895 bits per heavy atom. The number of carbonyl (C=O) groups excluding carboxylic acids is 1. The van der Waals surface area contributed by atoms with Crippen molar-refractivity contribution in [1.82, 2.24) is 0 Å². The highest BCUT2D eigenvalue weighted by Crippen LogP contribution is 2.11. The van der Waals surface area contributed by atoms with Crippen LogP contribution in [0.5, 0.6) is 0 Å². The van der Waals surface area contributed by atoms with Crippen LogP contribution in [0.1, 0.15) is 84.0 Å². The highest BCUT2D eigenvalue weighted by atomic mass is 16.5. The summed E-state index contributed by atoms with van der Waals surface area (Å²) in [5, 5.41) is 0. The molecule has 0 atom stereocenters. The van der Waals surface area contributed by atoms with Crippen molar-refractivity contribution < 1.29 is 9.53 Å². The maximum Gasteiger partial charge on any atom is 0.306 e. The van der Waals surface area contributed by atoms with E-state index in [1.807, 2.05) is 0 Å². The molecule has 2 heteroatoms. The molecule has 0 heterocycles. The quantitative estimate of drug-likeness (QED) is 0.270. The molecule has 0 saturated heterocycles. The first-order valence-corrected chi connectivity index (χ1v) is 7.90. The molecule has 0 bridgehead atoms. The predicted molar refractivity (Wildman–Crippen MR) is 80.9 cm³/mol. The molecule has 0 unspecified atom stereocenters. The second kappa shape index (κ2) is 15.1. The van der Waals surface area contributed by atoms with Crippen LogP contribution in [0.4, 0.5) is 0 Å². The van der Waals surface area contributed by atoms with Gasteiger partial charge in [-0.05, 0) is 6.42 Å². The van der Waals surface area contributed by atoms with Gasteiger partial charge in [-0.15, -0.1) is 6.42 Å². The van der Waals surface area contributed by atoms with Crippen LogP contribution >= 0.6 is 0 Å². The number of hydrogen-bond acceptors (Lipinski definition) is 2. The SMILES string of the molecule is C#CCOC(=O)CCCCCCCCCCCCC. The zero-order valence-electron chi connectivity index (χ0n) is 12.6. The van der Waals surface area contributed by atoms with Crippen molar-refractivity contribution in [3.63, 3.8) is 0 Å². The molecule has 0 N–H and O–H groups in total. The van der Waals surface area contributed by atoms with E-state index in [1.165, 1.54) is 57.8 Å². The van der Waals surface area contributed by atoms with Crippen molar-refractivity contribution in [2.24, 2.45) is 0 Å². The van der Waals surface area contributed by atoms with E-state index < -0.39 is 0 Å². The molecule has 2 nitrogen and oxygen atoms in total. The van der Waals surface area contributed by atoms with E-state index in [-0.39, 0.29) is 12.6 Å². The van der Waals surface area contributed by atoms with Crippen molar-refractivity contribution in [2.75, 3.05) is 6.61 Å². The molecule has 0 aromatic heterocycles. The van der Waals surface area contributed by atoms with Gasteiger partial charge in [-0.2, -0.15) is 0 Å². The number of hydrogen-bond donors (Lipinski definition) is 0. The zero-order chi connectivity index (χ0) is 14.2. The lowest BCUT2D eigenvalue weighted by Crippen LogP contribution is -2.03. The van der Waals surface area contributed by atoms with Crippen LogP contribution in [-0.2, 0) is 9.53 Å². The summed E-state index contributed by atoms with van der Waals surface area (Å²) in [6.07, 6.45) is 19.7.